The number of likely N-dealkylation sites (N-methyl/N-ethyl adjacent to an activating group) is 1. The van der Waals surface area contributed by atoms with Crippen molar-refractivity contribution < 1.29 is 9.90 Å². The van der Waals surface area contributed by atoms with Gasteiger partial charge in [-0.25, -0.2) is 4.79 Å². The second-order valence-corrected chi connectivity index (χ2v) is 4.58. The summed E-state index contributed by atoms with van der Waals surface area (Å²) in [6, 6.07) is 5.95. The molecule has 0 saturated carbocycles. The molecule has 0 spiro atoms. The Hall–Kier alpha value is -1.39. The van der Waals surface area contributed by atoms with Gasteiger partial charge in [0, 0.05) is 25.7 Å². The van der Waals surface area contributed by atoms with E-state index < -0.39 is 5.97 Å². The Kier molecular flexibility index (Phi) is 3.45. The van der Waals surface area contributed by atoms with Crippen molar-refractivity contribution >= 4 is 5.97 Å². The second kappa shape index (κ2) is 4.85. The van der Waals surface area contributed by atoms with Crippen LogP contribution in [-0.2, 0) is 0 Å². The van der Waals surface area contributed by atoms with Crippen molar-refractivity contribution in [1.82, 2.24) is 10.2 Å². The Morgan fingerprint density at radius 3 is 2.88 bits per heavy atom. The molecule has 2 rings (SSSR count). The number of aryl methyl sites for hydroxylation is 1. The summed E-state index contributed by atoms with van der Waals surface area (Å²) in [5.41, 5.74) is 2.40. The van der Waals surface area contributed by atoms with E-state index in [0.29, 0.717) is 11.6 Å². The molecule has 0 bridgehead atoms. The van der Waals surface area contributed by atoms with Crippen LogP contribution in [0, 0.1) is 6.92 Å². The Bertz CT molecular complexity index is 431. The van der Waals surface area contributed by atoms with Crippen LogP contribution in [0.15, 0.2) is 18.2 Å². The standard InChI is InChI=1S/C13H18N2O2/c1-9-7-10(3-4-11(9)13(16)17)12-8-14-5-6-15(12)2/h3-4,7,12,14H,5-6,8H2,1-2H3,(H,16,17). The first-order chi connectivity index (χ1) is 8.09. The lowest BCUT2D eigenvalue weighted by atomic mass is 9.98. The molecule has 1 fully saturated rings. The Labute approximate surface area is 101 Å². The fourth-order valence-corrected chi connectivity index (χ4v) is 2.31. The zero-order chi connectivity index (χ0) is 12.4. The van der Waals surface area contributed by atoms with E-state index in [-0.39, 0.29) is 0 Å². The average Bonchev–Trinajstić information content (AvgIpc) is 2.29. The highest BCUT2D eigenvalue weighted by Crippen LogP contribution is 2.23. The molecule has 0 aliphatic carbocycles. The molecule has 4 nitrogen and oxygen atoms in total. The number of carbonyl (C=O) groups is 1. The number of hydrogen-bond acceptors (Lipinski definition) is 3. The van der Waals surface area contributed by atoms with Gasteiger partial charge in [-0.15, -0.1) is 0 Å². The van der Waals surface area contributed by atoms with Crippen LogP contribution in [-0.4, -0.2) is 42.7 Å². The van der Waals surface area contributed by atoms with E-state index in [2.05, 4.69) is 17.3 Å². The molecule has 0 radical (unpaired) electrons. The van der Waals surface area contributed by atoms with Gasteiger partial charge in [0.2, 0.25) is 0 Å². The van der Waals surface area contributed by atoms with E-state index in [1.165, 1.54) is 5.56 Å². The van der Waals surface area contributed by atoms with E-state index >= 15 is 0 Å². The summed E-state index contributed by atoms with van der Waals surface area (Å²) in [5.74, 6) is -0.857. The predicted octanol–water partition coefficient (Wildman–Crippen LogP) is 1.27. The number of hydrogen-bond donors (Lipinski definition) is 2. The van der Waals surface area contributed by atoms with Gasteiger partial charge in [-0.2, -0.15) is 0 Å². The molecule has 92 valence electrons. The van der Waals surface area contributed by atoms with Crippen molar-refractivity contribution in [3.05, 3.63) is 34.9 Å². The summed E-state index contributed by atoms with van der Waals surface area (Å²) in [7, 11) is 2.10. The fraction of sp³-hybridized carbons (Fsp3) is 0.462. The van der Waals surface area contributed by atoms with Crippen LogP contribution in [0.4, 0.5) is 0 Å². The minimum absolute atomic E-state index is 0.338. The topological polar surface area (TPSA) is 52.6 Å². The third-order valence-electron chi connectivity index (χ3n) is 3.38. The first-order valence-electron chi connectivity index (χ1n) is 5.84. The van der Waals surface area contributed by atoms with Gasteiger partial charge in [0.15, 0.2) is 0 Å². The summed E-state index contributed by atoms with van der Waals surface area (Å²) in [4.78, 5) is 13.2. The van der Waals surface area contributed by atoms with Crippen LogP contribution in [0.5, 0.6) is 0 Å². The number of carboxylic acid groups (broad SMARTS) is 1. The molecule has 1 atom stereocenters. The maximum atomic E-state index is 11.0. The fourth-order valence-electron chi connectivity index (χ4n) is 2.31. The van der Waals surface area contributed by atoms with Gasteiger partial charge in [0.1, 0.15) is 0 Å². The Morgan fingerprint density at radius 1 is 1.53 bits per heavy atom. The van der Waals surface area contributed by atoms with Crippen molar-refractivity contribution in [1.29, 1.82) is 0 Å². The van der Waals surface area contributed by atoms with E-state index in [1.54, 1.807) is 6.07 Å². The minimum Gasteiger partial charge on any atom is -0.478 e. The van der Waals surface area contributed by atoms with Crippen LogP contribution >= 0.6 is 0 Å². The second-order valence-electron chi connectivity index (χ2n) is 4.58. The molecule has 4 heteroatoms. The van der Waals surface area contributed by atoms with Gasteiger partial charge >= 0.3 is 5.97 Å². The van der Waals surface area contributed by atoms with Crippen molar-refractivity contribution in [3.8, 4) is 0 Å². The first kappa shape index (κ1) is 12.1. The minimum atomic E-state index is -0.857. The normalized spacial score (nSPS) is 21.4. The quantitative estimate of drug-likeness (QED) is 0.809. The summed E-state index contributed by atoms with van der Waals surface area (Å²) < 4.78 is 0. The molecule has 1 unspecified atom stereocenters. The number of benzene rings is 1. The molecule has 17 heavy (non-hydrogen) atoms. The number of piperazine rings is 1. The van der Waals surface area contributed by atoms with Crippen molar-refractivity contribution in [2.24, 2.45) is 0 Å². The highest BCUT2D eigenvalue weighted by Gasteiger charge is 2.21. The molecular formula is C13H18N2O2. The molecule has 0 aromatic heterocycles. The van der Waals surface area contributed by atoms with E-state index in [0.717, 1.165) is 25.2 Å². The summed E-state index contributed by atoms with van der Waals surface area (Å²) in [6.45, 7) is 4.80. The number of aromatic carboxylic acids is 1. The number of rotatable bonds is 2. The highest BCUT2D eigenvalue weighted by atomic mass is 16.4. The van der Waals surface area contributed by atoms with Crippen LogP contribution in [0.25, 0.3) is 0 Å². The summed E-state index contributed by atoms with van der Waals surface area (Å²) in [6.07, 6.45) is 0. The maximum absolute atomic E-state index is 11.0. The van der Waals surface area contributed by atoms with Crippen molar-refractivity contribution in [3.63, 3.8) is 0 Å². The van der Waals surface area contributed by atoms with Crippen molar-refractivity contribution in [2.45, 2.75) is 13.0 Å². The molecule has 1 aliphatic heterocycles. The van der Waals surface area contributed by atoms with E-state index in [9.17, 15) is 4.79 Å². The molecule has 0 amide bonds. The maximum Gasteiger partial charge on any atom is 0.335 e. The summed E-state index contributed by atoms with van der Waals surface area (Å²) >= 11 is 0. The third kappa shape index (κ3) is 2.48. The molecule has 2 N–H and O–H groups in total. The van der Waals surface area contributed by atoms with Crippen LogP contribution in [0.3, 0.4) is 0 Å². The van der Waals surface area contributed by atoms with Gasteiger partial charge < -0.3 is 10.4 Å². The SMILES string of the molecule is Cc1cc(C2CNCCN2C)ccc1C(=O)O. The lowest BCUT2D eigenvalue weighted by molar-refractivity contribution is 0.0696. The molecular weight excluding hydrogens is 216 g/mol. The Morgan fingerprint density at radius 2 is 2.29 bits per heavy atom. The monoisotopic (exact) mass is 234 g/mol. The Balaban J connectivity index is 2.27. The zero-order valence-electron chi connectivity index (χ0n) is 10.2. The first-order valence-corrected chi connectivity index (χ1v) is 5.84. The van der Waals surface area contributed by atoms with Gasteiger partial charge in [-0.1, -0.05) is 12.1 Å². The zero-order valence-corrected chi connectivity index (χ0v) is 10.2. The number of nitrogens with zero attached hydrogens (tertiary/aromatic N) is 1. The van der Waals surface area contributed by atoms with E-state index in [4.69, 9.17) is 5.11 Å². The molecule has 1 aliphatic rings. The smallest absolute Gasteiger partial charge is 0.335 e. The van der Waals surface area contributed by atoms with Gasteiger partial charge in [-0.05, 0) is 31.2 Å². The molecule has 1 aromatic rings. The summed E-state index contributed by atoms with van der Waals surface area (Å²) in [5, 5.41) is 12.4. The van der Waals surface area contributed by atoms with Gasteiger partial charge in [0.25, 0.3) is 0 Å². The predicted molar refractivity (Wildman–Crippen MR) is 66.4 cm³/mol. The number of nitrogens with one attached hydrogen (secondary N) is 1. The third-order valence-corrected chi connectivity index (χ3v) is 3.38. The van der Waals surface area contributed by atoms with Crippen molar-refractivity contribution in [2.75, 3.05) is 26.7 Å². The number of carboxylic acids is 1. The molecule has 1 aromatic carbocycles. The van der Waals surface area contributed by atoms with E-state index in [1.807, 2.05) is 19.1 Å². The largest absolute Gasteiger partial charge is 0.478 e. The average molecular weight is 234 g/mol. The highest BCUT2D eigenvalue weighted by molar-refractivity contribution is 5.89. The lowest BCUT2D eigenvalue weighted by Gasteiger charge is -2.33. The van der Waals surface area contributed by atoms with Crippen LogP contribution in [0.2, 0.25) is 0 Å². The lowest BCUT2D eigenvalue weighted by Crippen LogP contribution is -2.43. The van der Waals surface area contributed by atoms with Crippen LogP contribution < -0.4 is 5.32 Å². The molecule has 1 heterocycles. The van der Waals surface area contributed by atoms with Crippen LogP contribution in [0.1, 0.15) is 27.5 Å². The molecule has 1 saturated heterocycles. The van der Waals surface area contributed by atoms with Gasteiger partial charge in [-0.3, -0.25) is 4.90 Å². The van der Waals surface area contributed by atoms with Gasteiger partial charge in [0.05, 0.1) is 5.56 Å².